The number of anilines is 1. The Kier molecular flexibility index (Phi) is 7.06. The first-order chi connectivity index (χ1) is 14.0. The summed E-state index contributed by atoms with van der Waals surface area (Å²) >= 11 is 6.65. The topological polar surface area (TPSA) is 66.8 Å². The first kappa shape index (κ1) is 21.1. The van der Waals surface area contributed by atoms with Crippen LogP contribution in [0.3, 0.4) is 0 Å². The number of para-hydroxylation sites is 1. The molecule has 0 aliphatic carbocycles. The maximum atomic E-state index is 13.0. The number of carbonyl (C=O) groups is 2. The third-order valence-electron chi connectivity index (χ3n) is 4.36. The van der Waals surface area contributed by atoms with E-state index >= 15 is 0 Å². The second-order valence-corrected chi connectivity index (χ2v) is 8.18. The van der Waals surface area contributed by atoms with E-state index in [0.717, 1.165) is 24.9 Å². The number of benzene rings is 2. The third-order valence-corrected chi connectivity index (χ3v) is 5.67. The highest BCUT2D eigenvalue weighted by atomic mass is 32.2. The molecule has 1 saturated heterocycles. The number of thiocarbonyl (C=S) groups is 1. The van der Waals surface area contributed by atoms with Gasteiger partial charge in [0.05, 0.1) is 10.6 Å². The van der Waals surface area contributed by atoms with Gasteiger partial charge in [0.25, 0.3) is 5.91 Å². The van der Waals surface area contributed by atoms with Gasteiger partial charge < -0.3 is 9.84 Å². The number of aryl methyl sites for hydroxylation is 1. The van der Waals surface area contributed by atoms with Crippen LogP contribution in [0.2, 0.25) is 0 Å². The Bertz CT molecular complexity index is 954. The zero-order chi connectivity index (χ0) is 20.8. The normalized spacial score (nSPS) is 15.2. The van der Waals surface area contributed by atoms with E-state index in [1.807, 2.05) is 24.3 Å². The zero-order valence-corrected chi connectivity index (χ0v) is 17.6. The Morgan fingerprint density at radius 3 is 2.62 bits per heavy atom. The monoisotopic (exact) mass is 427 g/mol. The number of thioether (sulfide) groups is 1. The maximum Gasteiger partial charge on any atom is 0.341 e. The number of unbranched alkanes of at least 4 members (excludes halogenated alkanes) is 1. The molecule has 2 aromatic carbocycles. The number of carbonyl (C=O) groups excluding carboxylic acids is 1. The van der Waals surface area contributed by atoms with Crippen molar-refractivity contribution in [3.63, 3.8) is 0 Å². The van der Waals surface area contributed by atoms with Gasteiger partial charge in [-0.2, -0.15) is 0 Å². The maximum absolute atomic E-state index is 13.0. The van der Waals surface area contributed by atoms with Crippen LogP contribution in [0.15, 0.2) is 53.4 Å². The summed E-state index contributed by atoms with van der Waals surface area (Å²) in [5, 5.41) is 8.83. The molecule has 1 amide bonds. The number of carboxylic acids is 1. The molecule has 150 valence electrons. The Morgan fingerprint density at radius 1 is 1.21 bits per heavy atom. The van der Waals surface area contributed by atoms with Gasteiger partial charge in [-0.25, -0.2) is 4.79 Å². The summed E-state index contributed by atoms with van der Waals surface area (Å²) in [5.74, 6) is -0.858. The Hall–Kier alpha value is -2.64. The molecule has 5 nitrogen and oxygen atoms in total. The molecule has 0 aromatic heterocycles. The van der Waals surface area contributed by atoms with Crippen LogP contribution in [-0.4, -0.2) is 27.9 Å². The molecule has 1 heterocycles. The fourth-order valence-electron chi connectivity index (χ4n) is 2.89. The Morgan fingerprint density at radius 2 is 1.93 bits per heavy atom. The highest BCUT2D eigenvalue weighted by molar-refractivity contribution is 8.27. The van der Waals surface area contributed by atoms with Gasteiger partial charge in [-0.15, -0.1) is 0 Å². The number of carboxylic acid groups (broad SMARTS) is 1. The van der Waals surface area contributed by atoms with Crippen LogP contribution in [0.25, 0.3) is 6.08 Å². The van der Waals surface area contributed by atoms with Gasteiger partial charge >= 0.3 is 5.97 Å². The van der Waals surface area contributed by atoms with E-state index in [-0.39, 0.29) is 5.91 Å². The first-order valence-electron chi connectivity index (χ1n) is 9.30. The van der Waals surface area contributed by atoms with Crippen molar-refractivity contribution in [1.29, 1.82) is 0 Å². The van der Waals surface area contributed by atoms with Gasteiger partial charge in [0.15, 0.2) is 10.9 Å². The summed E-state index contributed by atoms with van der Waals surface area (Å²) in [5.41, 5.74) is 2.61. The molecular formula is C22H21NO4S2. The van der Waals surface area contributed by atoms with Crippen LogP contribution < -0.4 is 9.64 Å². The van der Waals surface area contributed by atoms with Crippen molar-refractivity contribution in [2.24, 2.45) is 0 Å². The second kappa shape index (κ2) is 9.71. The van der Waals surface area contributed by atoms with Crippen molar-refractivity contribution in [2.45, 2.75) is 26.2 Å². The molecule has 1 aliphatic heterocycles. The van der Waals surface area contributed by atoms with Gasteiger partial charge in [-0.05, 0) is 42.7 Å². The summed E-state index contributed by atoms with van der Waals surface area (Å²) in [6.45, 7) is 1.71. The molecule has 3 rings (SSSR count). The summed E-state index contributed by atoms with van der Waals surface area (Å²) in [7, 11) is 0. The molecule has 0 saturated carbocycles. The minimum absolute atomic E-state index is 0.200. The summed E-state index contributed by atoms with van der Waals surface area (Å²) < 4.78 is 5.78. The molecule has 0 unspecified atom stereocenters. The largest absolute Gasteiger partial charge is 0.481 e. The lowest BCUT2D eigenvalue weighted by atomic mass is 10.1. The summed E-state index contributed by atoms with van der Waals surface area (Å²) in [4.78, 5) is 25.7. The van der Waals surface area contributed by atoms with Crippen molar-refractivity contribution < 1.29 is 19.4 Å². The van der Waals surface area contributed by atoms with Crippen molar-refractivity contribution >= 4 is 51.9 Å². The number of aliphatic carboxylic acids is 1. The number of hydrogen-bond donors (Lipinski definition) is 1. The van der Waals surface area contributed by atoms with Crippen molar-refractivity contribution in [3.05, 3.63) is 64.6 Å². The molecule has 1 aliphatic rings. The van der Waals surface area contributed by atoms with Gasteiger partial charge in [0, 0.05) is 5.56 Å². The predicted molar refractivity (Wildman–Crippen MR) is 120 cm³/mol. The number of ether oxygens (including phenoxy) is 1. The average molecular weight is 428 g/mol. The van der Waals surface area contributed by atoms with E-state index in [9.17, 15) is 9.59 Å². The highest BCUT2D eigenvalue weighted by Crippen LogP contribution is 2.37. The molecule has 7 heteroatoms. The Labute approximate surface area is 179 Å². The van der Waals surface area contributed by atoms with E-state index in [2.05, 4.69) is 6.92 Å². The van der Waals surface area contributed by atoms with Crippen LogP contribution in [0, 0.1) is 0 Å². The molecule has 1 N–H and O–H groups in total. The van der Waals surface area contributed by atoms with E-state index in [1.165, 1.54) is 22.2 Å². The number of hydrogen-bond acceptors (Lipinski definition) is 5. The van der Waals surface area contributed by atoms with Crippen molar-refractivity contribution in [2.75, 3.05) is 11.5 Å². The molecule has 0 spiro atoms. The molecule has 0 radical (unpaired) electrons. The van der Waals surface area contributed by atoms with E-state index in [1.54, 1.807) is 30.3 Å². The average Bonchev–Trinajstić information content (AvgIpc) is 2.99. The van der Waals surface area contributed by atoms with Gasteiger partial charge in [-0.3, -0.25) is 9.69 Å². The van der Waals surface area contributed by atoms with Crippen molar-refractivity contribution in [3.8, 4) is 5.75 Å². The zero-order valence-electron chi connectivity index (χ0n) is 16.0. The van der Waals surface area contributed by atoms with Gasteiger partial charge in [0.1, 0.15) is 5.75 Å². The van der Waals surface area contributed by atoms with Crippen LogP contribution in [0.4, 0.5) is 5.69 Å². The summed E-state index contributed by atoms with van der Waals surface area (Å²) in [6, 6.07) is 14.9. The summed E-state index contributed by atoms with van der Waals surface area (Å²) in [6.07, 6.45) is 4.97. The van der Waals surface area contributed by atoms with Crippen molar-refractivity contribution in [1.82, 2.24) is 0 Å². The lowest BCUT2D eigenvalue weighted by molar-refractivity contribution is -0.139. The molecular weight excluding hydrogens is 406 g/mol. The smallest absolute Gasteiger partial charge is 0.341 e. The van der Waals surface area contributed by atoms with Crippen LogP contribution in [0.5, 0.6) is 5.75 Å². The molecule has 1 fully saturated rings. The SMILES string of the molecule is CCCCc1ccc(N2C(=O)/C(=C\c3ccccc3OCC(=O)O)SC2=S)cc1. The van der Waals surface area contributed by atoms with Crippen LogP contribution in [0.1, 0.15) is 30.9 Å². The fraction of sp³-hybridized carbons (Fsp3) is 0.227. The Balaban J connectivity index is 1.81. The molecule has 29 heavy (non-hydrogen) atoms. The lowest BCUT2D eigenvalue weighted by Crippen LogP contribution is -2.27. The lowest BCUT2D eigenvalue weighted by Gasteiger charge is -2.15. The highest BCUT2D eigenvalue weighted by Gasteiger charge is 2.33. The fourth-order valence-corrected chi connectivity index (χ4v) is 4.18. The van der Waals surface area contributed by atoms with E-state index in [0.29, 0.717) is 20.5 Å². The van der Waals surface area contributed by atoms with E-state index in [4.69, 9.17) is 22.1 Å². The van der Waals surface area contributed by atoms with Gasteiger partial charge in [-0.1, -0.05) is 67.7 Å². The molecule has 2 aromatic rings. The standard InChI is InChI=1S/C22H21NO4S2/c1-2-3-6-15-9-11-17(12-10-15)23-21(26)19(29-22(23)28)13-16-7-4-5-8-18(16)27-14-20(24)25/h4-5,7-13H,2-3,6,14H2,1H3,(H,24,25)/b19-13+. The van der Waals surface area contributed by atoms with Gasteiger partial charge in [0.2, 0.25) is 0 Å². The quantitative estimate of drug-likeness (QED) is 0.478. The first-order valence-corrected chi connectivity index (χ1v) is 10.5. The molecule has 0 bridgehead atoms. The number of rotatable bonds is 8. The van der Waals surface area contributed by atoms with Crippen LogP contribution >= 0.6 is 24.0 Å². The number of nitrogens with zero attached hydrogens (tertiary/aromatic N) is 1. The molecule has 0 atom stereocenters. The predicted octanol–water partition coefficient (Wildman–Crippen LogP) is 4.90. The van der Waals surface area contributed by atoms with Crippen LogP contribution in [-0.2, 0) is 16.0 Å². The minimum Gasteiger partial charge on any atom is -0.481 e. The third kappa shape index (κ3) is 5.25. The number of amides is 1. The minimum atomic E-state index is -1.06. The van der Waals surface area contributed by atoms with E-state index < -0.39 is 12.6 Å². The second-order valence-electron chi connectivity index (χ2n) is 6.51.